The molecule has 0 spiro atoms. The van der Waals surface area contributed by atoms with E-state index in [1.54, 1.807) is 0 Å². The second kappa shape index (κ2) is 5.71. The summed E-state index contributed by atoms with van der Waals surface area (Å²) in [5, 5.41) is 20.5. The standard InChI is InChI=1S/C19H19NO/c20-14-19(12-7-13-19)18(21)17(15-8-3-1-4-9-15)16-10-5-2-6-11-16/h1-6,8-11,17-18,21H,7,12-13H2. The lowest BCUT2D eigenvalue weighted by Crippen LogP contribution is -2.43. The molecule has 2 nitrogen and oxygen atoms in total. The molecular weight excluding hydrogens is 258 g/mol. The van der Waals surface area contributed by atoms with Gasteiger partial charge in [-0.05, 0) is 24.0 Å². The quantitative estimate of drug-likeness (QED) is 0.921. The van der Waals surface area contributed by atoms with E-state index in [1.807, 2.05) is 60.7 Å². The number of benzene rings is 2. The first-order valence-electron chi connectivity index (χ1n) is 7.46. The van der Waals surface area contributed by atoms with Gasteiger partial charge in [-0.25, -0.2) is 0 Å². The van der Waals surface area contributed by atoms with Crippen molar-refractivity contribution in [3.05, 3.63) is 71.8 Å². The van der Waals surface area contributed by atoms with Gasteiger partial charge in [-0.15, -0.1) is 0 Å². The van der Waals surface area contributed by atoms with E-state index in [-0.39, 0.29) is 5.92 Å². The number of rotatable bonds is 4. The summed E-state index contributed by atoms with van der Waals surface area (Å²) in [6, 6.07) is 22.4. The normalized spacial score (nSPS) is 17.8. The van der Waals surface area contributed by atoms with Crippen LogP contribution in [0.15, 0.2) is 60.7 Å². The first-order valence-corrected chi connectivity index (χ1v) is 7.46. The molecule has 2 aromatic carbocycles. The zero-order valence-corrected chi connectivity index (χ0v) is 11.9. The highest BCUT2D eigenvalue weighted by Gasteiger charge is 2.47. The summed E-state index contributed by atoms with van der Waals surface area (Å²) >= 11 is 0. The molecular formula is C19H19NO. The van der Waals surface area contributed by atoms with Crippen LogP contribution in [-0.2, 0) is 0 Å². The Bertz CT molecular complexity index is 586. The van der Waals surface area contributed by atoms with Crippen molar-refractivity contribution >= 4 is 0 Å². The predicted molar refractivity (Wildman–Crippen MR) is 82.6 cm³/mol. The van der Waals surface area contributed by atoms with Crippen LogP contribution >= 0.6 is 0 Å². The van der Waals surface area contributed by atoms with Crippen molar-refractivity contribution < 1.29 is 5.11 Å². The van der Waals surface area contributed by atoms with Crippen molar-refractivity contribution in [1.82, 2.24) is 0 Å². The molecule has 106 valence electrons. The van der Waals surface area contributed by atoms with E-state index in [9.17, 15) is 10.4 Å². The molecule has 1 aliphatic carbocycles. The van der Waals surface area contributed by atoms with Gasteiger partial charge in [0.1, 0.15) is 0 Å². The minimum Gasteiger partial charge on any atom is -0.390 e. The fourth-order valence-corrected chi connectivity index (χ4v) is 3.23. The highest BCUT2D eigenvalue weighted by Crippen LogP contribution is 2.48. The number of aliphatic hydroxyl groups is 1. The van der Waals surface area contributed by atoms with E-state index in [0.29, 0.717) is 0 Å². The van der Waals surface area contributed by atoms with Gasteiger partial charge >= 0.3 is 0 Å². The van der Waals surface area contributed by atoms with Crippen LogP contribution in [0.4, 0.5) is 0 Å². The van der Waals surface area contributed by atoms with E-state index >= 15 is 0 Å². The number of aliphatic hydroxyl groups excluding tert-OH is 1. The molecule has 0 radical (unpaired) electrons. The number of nitrogens with zero attached hydrogens (tertiary/aromatic N) is 1. The van der Waals surface area contributed by atoms with Gasteiger partial charge in [-0.1, -0.05) is 67.1 Å². The third kappa shape index (κ3) is 2.46. The van der Waals surface area contributed by atoms with Gasteiger partial charge in [0.05, 0.1) is 17.6 Å². The lowest BCUT2D eigenvalue weighted by Gasteiger charge is -2.43. The average molecular weight is 277 g/mol. The molecule has 1 N–H and O–H groups in total. The van der Waals surface area contributed by atoms with Gasteiger partial charge < -0.3 is 5.11 Å². The molecule has 3 rings (SSSR count). The van der Waals surface area contributed by atoms with Crippen LogP contribution in [0.25, 0.3) is 0 Å². The van der Waals surface area contributed by atoms with Crippen molar-refractivity contribution in [1.29, 1.82) is 5.26 Å². The highest BCUT2D eigenvalue weighted by atomic mass is 16.3. The lowest BCUT2D eigenvalue weighted by molar-refractivity contribution is -0.00127. The number of hydrogen-bond donors (Lipinski definition) is 1. The van der Waals surface area contributed by atoms with Crippen molar-refractivity contribution in [3.8, 4) is 6.07 Å². The second-order valence-electron chi connectivity index (χ2n) is 5.87. The van der Waals surface area contributed by atoms with E-state index in [4.69, 9.17) is 0 Å². The maximum atomic E-state index is 11.0. The Labute approximate surface area is 125 Å². The molecule has 1 atom stereocenters. The van der Waals surface area contributed by atoms with Crippen molar-refractivity contribution in [2.75, 3.05) is 0 Å². The molecule has 2 heteroatoms. The van der Waals surface area contributed by atoms with E-state index in [2.05, 4.69) is 6.07 Å². The average Bonchev–Trinajstić information content (AvgIpc) is 2.49. The summed E-state index contributed by atoms with van der Waals surface area (Å²) in [6.07, 6.45) is 1.95. The van der Waals surface area contributed by atoms with Crippen LogP contribution in [0, 0.1) is 16.7 Å². The maximum absolute atomic E-state index is 11.0. The van der Waals surface area contributed by atoms with E-state index < -0.39 is 11.5 Å². The summed E-state index contributed by atoms with van der Waals surface area (Å²) in [5.41, 5.74) is 1.55. The number of nitriles is 1. The third-order valence-corrected chi connectivity index (χ3v) is 4.67. The zero-order chi connectivity index (χ0) is 14.7. The van der Waals surface area contributed by atoms with Crippen LogP contribution < -0.4 is 0 Å². The third-order valence-electron chi connectivity index (χ3n) is 4.67. The van der Waals surface area contributed by atoms with Gasteiger partial charge in [0.15, 0.2) is 0 Å². The van der Waals surface area contributed by atoms with Crippen LogP contribution in [0.3, 0.4) is 0 Å². The van der Waals surface area contributed by atoms with Gasteiger partial charge in [0.25, 0.3) is 0 Å². The van der Waals surface area contributed by atoms with Crippen LogP contribution in [-0.4, -0.2) is 11.2 Å². The Morgan fingerprint density at radius 3 is 1.71 bits per heavy atom. The fourth-order valence-electron chi connectivity index (χ4n) is 3.23. The summed E-state index contributed by atoms with van der Waals surface area (Å²) in [7, 11) is 0. The summed E-state index contributed by atoms with van der Waals surface area (Å²) in [5.74, 6) is -0.146. The van der Waals surface area contributed by atoms with Crippen molar-refractivity contribution in [2.24, 2.45) is 5.41 Å². The van der Waals surface area contributed by atoms with Gasteiger partial charge in [0.2, 0.25) is 0 Å². The minimum atomic E-state index is -0.666. The first-order chi connectivity index (χ1) is 10.3. The largest absolute Gasteiger partial charge is 0.390 e. The smallest absolute Gasteiger partial charge is 0.0841 e. The van der Waals surface area contributed by atoms with Gasteiger partial charge in [0, 0.05) is 5.92 Å². The Kier molecular flexibility index (Phi) is 3.77. The Balaban J connectivity index is 2.03. The monoisotopic (exact) mass is 277 g/mol. The summed E-state index contributed by atoms with van der Waals surface area (Å²) in [6.45, 7) is 0. The maximum Gasteiger partial charge on any atom is 0.0841 e. The predicted octanol–water partition coefficient (Wildman–Crippen LogP) is 3.87. The second-order valence-corrected chi connectivity index (χ2v) is 5.87. The van der Waals surface area contributed by atoms with Gasteiger partial charge in [-0.3, -0.25) is 0 Å². The molecule has 1 saturated carbocycles. The molecule has 2 aromatic rings. The van der Waals surface area contributed by atoms with E-state index in [1.165, 1.54) is 0 Å². The van der Waals surface area contributed by atoms with Crippen molar-refractivity contribution in [2.45, 2.75) is 31.3 Å². The molecule has 1 unspecified atom stereocenters. The molecule has 0 aliphatic heterocycles. The molecule has 1 fully saturated rings. The topological polar surface area (TPSA) is 44.0 Å². The van der Waals surface area contributed by atoms with Crippen molar-refractivity contribution in [3.63, 3.8) is 0 Å². The molecule has 21 heavy (non-hydrogen) atoms. The Morgan fingerprint density at radius 2 is 1.38 bits per heavy atom. The minimum absolute atomic E-state index is 0.146. The highest BCUT2D eigenvalue weighted by molar-refractivity contribution is 5.36. The molecule has 1 aliphatic rings. The van der Waals surface area contributed by atoms with Crippen LogP contribution in [0.2, 0.25) is 0 Å². The SMILES string of the molecule is N#CC1(C(O)C(c2ccccc2)c2ccccc2)CCC1. The zero-order valence-electron chi connectivity index (χ0n) is 11.9. The van der Waals surface area contributed by atoms with Crippen LogP contribution in [0.1, 0.15) is 36.3 Å². The molecule has 0 aromatic heterocycles. The lowest BCUT2D eigenvalue weighted by atomic mass is 9.61. The van der Waals surface area contributed by atoms with Gasteiger partial charge in [-0.2, -0.15) is 5.26 Å². The molecule has 0 amide bonds. The summed E-state index contributed by atoms with van der Waals surface area (Å²) in [4.78, 5) is 0. The fraction of sp³-hybridized carbons (Fsp3) is 0.316. The van der Waals surface area contributed by atoms with Crippen LogP contribution in [0.5, 0.6) is 0 Å². The summed E-state index contributed by atoms with van der Waals surface area (Å²) < 4.78 is 0. The Hall–Kier alpha value is -2.11. The molecule has 0 bridgehead atoms. The Morgan fingerprint density at radius 1 is 0.905 bits per heavy atom. The first kappa shape index (κ1) is 13.9. The molecule has 0 heterocycles. The number of hydrogen-bond acceptors (Lipinski definition) is 2. The van der Waals surface area contributed by atoms with E-state index in [0.717, 1.165) is 30.4 Å². The molecule has 0 saturated heterocycles.